The fourth-order valence-electron chi connectivity index (χ4n) is 2.14. The van der Waals surface area contributed by atoms with Crippen LogP contribution in [-0.2, 0) is 19.5 Å². The second-order valence-electron chi connectivity index (χ2n) is 4.01. The molecule has 1 aromatic rings. The van der Waals surface area contributed by atoms with Gasteiger partial charge in [-0.05, 0) is 25.7 Å². The van der Waals surface area contributed by atoms with Crippen LogP contribution in [0.15, 0.2) is 0 Å². The number of hydrogen-bond acceptors (Lipinski definition) is 2. The molecule has 3 nitrogen and oxygen atoms in total. The van der Waals surface area contributed by atoms with Crippen molar-refractivity contribution in [3.8, 4) is 0 Å². The van der Waals surface area contributed by atoms with Crippen molar-refractivity contribution >= 4 is 0 Å². The SMILES string of the molecule is Cc1nc(CN)c2n1CCC(C)C2. The molecule has 1 aliphatic rings. The fraction of sp³-hybridized carbons (Fsp3) is 0.700. The third kappa shape index (κ3) is 1.37. The molecule has 2 rings (SSSR count). The van der Waals surface area contributed by atoms with Gasteiger partial charge in [-0.2, -0.15) is 0 Å². The predicted octanol–water partition coefficient (Wildman–Crippen LogP) is 1.23. The van der Waals surface area contributed by atoms with Crippen molar-refractivity contribution < 1.29 is 0 Å². The van der Waals surface area contributed by atoms with Crippen molar-refractivity contribution in [1.29, 1.82) is 0 Å². The number of aromatic nitrogens is 2. The Morgan fingerprint density at radius 1 is 1.62 bits per heavy atom. The maximum Gasteiger partial charge on any atom is 0.106 e. The third-order valence-corrected chi connectivity index (χ3v) is 2.93. The van der Waals surface area contributed by atoms with Crippen molar-refractivity contribution in [1.82, 2.24) is 9.55 Å². The number of nitrogens with two attached hydrogens (primary N) is 1. The first-order valence-corrected chi connectivity index (χ1v) is 4.97. The van der Waals surface area contributed by atoms with Crippen LogP contribution in [0.2, 0.25) is 0 Å². The normalized spacial score (nSPS) is 21.6. The monoisotopic (exact) mass is 179 g/mol. The molecule has 3 heteroatoms. The van der Waals surface area contributed by atoms with Gasteiger partial charge in [-0.3, -0.25) is 0 Å². The van der Waals surface area contributed by atoms with Crippen molar-refractivity contribution in [2.45, 2.75) is 39.8 Å². The van der Waals surface area contributed by atoms with E-state index in [0.717, 1.165) is 30.4 Å². The quantitative estimate of drug-likeness (QED) is 0.704. The summed E-state index contributed by atoms with van der Waals surface area (Å²) in [5.74, 6) is 1.91. The van der Waals surface area contributed by atoms with Gasteiger partial charge in [0.2, 0.25) is 0 Å². The summed E-state index contributed by atoms with van der Waals surface area (Å²) in [5.41, 5.74) is 8.13. The maximum atomic E-state index is 5.66. The van der Waals surface area contributed by atoms with E-state index in [1.165, 1.54) is 12.1 Å². The van der Waals surface area contributed by atoms with Gasteiger partial charge in [0.25, 0.3) is 0 Å². The number of aryl methyl sites for hydroxylation is 1. The molecule has 2 heterocycles. The molecule has 1 atom stereocenters. The average molecular weight is 179 g/mol. The highest BCUT2D eigenvalue weighted by molar-refractivity contribution is 5.19. The van der Waals surface area contributed by atoms with Crippen LogP contribution >= 0.6 is 0 Å². The molecule has 0 aromatic carbocycles. The van der Waals surface area contributed by atoms with Crippen LogP contribution in [0.4, 0.5) is 0 Å². The molecular formula is C10H17N3. The molecule has 2 N–H and O–H groups in total. The van der Waals surface area contributed by atoms with Crippen LogP contribution < -0.4 is 5.73 Å². The summed E-state index contributed by atoms with van der Waals surface area (Å²) in [6, 6.07) is 0. The van der Waals surface area contributed by atoms with Gasteiger partial charge >= 0.3 is 0 Å². The second kappa shape index (κ2) is 3.14. The Kier molecular flexibility index (Phi) is 2.12. The summed E-state index contributed by atoms with van der Waals surface area (Å²) < 4.78 is 2.32. The van der Waals surface area contributed by atoms with E-state index in [9.17, 15) is 0 Å². The minimum Gasteiger partial charge on any atom is -0.332 e. The van der Waals surface area contributed by atoms with E-state index in [0.29, 0.717) is 6.54 Å². The van der Waals surface area contributed by atoms with E-state index in [4.69, 9.17) is 5.73 Å². The molecule has 0 radical (unpaired) electrons. The zero-order valence-corrected chi connectivity index (χ0v) is 8.38. The second-order valence-corrected chi connectivity index (χ2v) is 4.01. The molecule has 1 aromatic heterocycles. The van der Waals surface area contributed by atoms with E-state index in [2.05, 4.69) is 23.4 Å². The molecule has 72 valence electrons. The lowest BCUT2D eigenvalue weighted by Crippen LogP contribution is -2.19. The Hall–Kier alpha value is -0.830. The Labute approximate surface area is 79.0 Å². The standard InChI is InChI=1S/C10H17N3/c1-7-3-4-13-8(2)12-9(6-11)10(13)5-7/h7H,3-6,11H2,1-2H3. The minimum atomic E-state index is 0.579. The van der Waals surface area contributed by atoms with Gasteiger partial charge in [0.1, 0.15) is 5.82 Å². The molecule has 0 amide bonds. The summed E-state index contributed by atoms with van der Waals surface area (Å²) in [6.07, 6.45) is 2.42. The summed E-state index contributed by atoms with van der Waals surface area (Å²) >= 11 is 0. The first-order valence-electron chi connectivity index (χ1n) is 4.97. The molecular weight excluding hydrogens is 162 g/mol. The Morgan fingerprint density at radius 3 is 3.08 bits per heavy atom. The van der Waals surface area contributed by atoms with Crippen molar-refractivity contribution in [2.24, 2.45) is 11.7 Å². The zero-order chi connectivity index (χ0) is 9.42. The number of rotatable bonds is 1. The summed E-state index contributed by atoms with van der Waals surface area (Å²) in [6.45, 7) is 6.07. The molecule has 0 aliphatic carbocycles. The van der Waals surface area contributed by atoms with E-state index in [1.54, 1.807) is 0 Å². The van der Waals surface area contributed by atoms with Crippen LogP contribution in [-0.4, -0.2) is 9.55 Å². The first-order chi connectivity index (χ1) is 6.22. The molecule has 0 saturated carbocycles. The largest absolute Gasteiger partial charge is 0.332 e. The predicted molar refractivity (Wildman–Crippen MR) is 52.3 cm³/mol. The van der Waals surface area contributed by atoms with Crippen molar-refractivity contribution in [2.75, 3.05) is 0 Å². The van der Waals surface area contributed by atoms with E-state index < -0.39 is 0 Å². The number of imidazole rings is 1. The summed E-state index contributed by atoms with van der Waals surface area (Å²) in [5, 5.41) is 0. The molecule has 1 aliphatic heterocycles. The van der Waals surface area contributed by atoms with Crippen LogP contribution in [0.3, 0.4) is 0 Å². The Bertz CT molecular complexity index is 314. The fourth-order valence-corrected chi connectivity index (χ4v) is 2.14. The number of nitrogens with zero attached hydrogens (tertiary/aromatic N) is 2. The lowest BCUT2D eigenvalue weighted by Gasteiger charge is -2.21. The van der Waals surface area contributed by atoms with Gasteiger partial charge in [-0.25, -0.2) is 4.98 Å². The van der Waals surface area contributed by atoms with Crippen molar-refractivity contribution in [3.05, 3.63) is 17.2 Å². The summed E-state index contributed by atoms with van der Waals surface area (Å²) in [7, 11) is 0. The average Bonchev–Trinajstić information content (AvgIpc) is 2.42. The van der Waals surface area contributed by atoms with E-state index in [1.807, 2.05) is 0 Å². The molecule has 0 fully saturated rings. The third-order valence-electron chi connectivity index (χ3n) is 2.93. The highest BCUT2D eigenvalue weighted by Crippen LogP contribution is 2.23. The van der Waals surface area contributed by atoms with Crippen LogP contribution in [0, 0.1) is 12.8 Å². The van der Waals surface area contributed by atoms with E-state index in [-0.39, 0.29) is 0 Å². The topological polar surface area (TPSA) is 43.8 Å². The van der Waals surface area contributed by atoms with Gasteiger partial charge < -0.3 is 10.3 Å². The zero-order valence-electron chi connectivity index (χ0n) is 8.38. The molecule has 0 bridgehead atoms. The van der Waals surface area contributed by atoms with Gasteiger partial charge in [-0.1, -0.05) is 6.92 Å². The van der Waals surface area contributed by atoms with Gasteiger partial charge in [0.15, 0.2) is 0 Å². The minimum absolute atomic E-state index is 0.579. The first kappa shape index (κ1) is 8.75. The van der Waals surface area contributed by atoms with Gasteiger partial charge in [-0.15, -0.1) is 0 Å². The van der Waals surface area contributed by atoms with Gasteiger partial charge in [0, 0.05) is 18.8 Å². The molecule has 1 unspecified atom stereocenters. The Balaban J connectivity index is 2.43. The maximum absolute atomic E-state index is 5.66. The highest BCUT2D eigenvalue weighted by Gasteiger charge is 2.20. The lowest BCUT2D eigenvalue weighted by atomic mass is 9.97. The molecule has 0 saturated heterocycles. The molecule has 13 heavy (non-hydrogen) atoms. The van der Waals surface area contributed by atoms with Crippen molar-refractivity contribution in [3.63, 3.8) is 0 Å². The lowest BCUT2D eigenvalue weighted by molar-refractivity contribution is 0.410. The smallest absolute Gasteiger partial charge is 0.106 e. The Morgan fingerprint density at radius 2 is 2.38 bits per heavy atom. The highest BCUT2D eigenvalue weighted by atomic mass is 15.1. The number of hydrogen-bond donors (Lipinski definition) is 1. The van der Waals surface area contributed by atoms with E-state index >= 15 is 0 Å². The molecule has 0 spiro atoms. The van der Waals surface area contributed by atoms with Crippen LogP contribution in [0.5, 0.6) is 0 Å². The van der Waals surface area contributed by atoms with Crippen LogP contribution in [0.1, 0.15) is 30.6 Å². The number of fused-ring (bicyclic) bond motifs is 1. The van der Waals surface area contributed by atoms with Crippen LogP contribution in [0.25, 0.3) is 0 Å². The summed E-state index contributed by atoms with van der Waals surface area (Å²) in [4.78, 5) is 4.48. The van der Waals surface area contributed by atoms with Gasteiger partial charge in [0.05, 0.1) is 5.69 Å².